The van der Waals surface area contributed by atoms with E-state index in [1.165, 1.54) is 0 Å². The Kier molecular flexibility index (Phi) is 3.31. The predicted octanol–water partition coefficient (Wildman–Crippen LogP) is 0.430. The van der Waals surface area contributed by atoms with Crippen molar-refractivity contribution in [2.45, 2.75) is 18.9 Å². The molecule has 0 aromatic carbocycles. The number of nitrogens with two attached hydrogens (primary N) is 1. The van der Waals surface area contributed by atoms with E-state index in [0.29, 0.717) is 17.6 Å². The van der Waals surface area contributed by atoms with E-state index in [0.717, 1.165) is 31.6 Å². The lowest BCUT2D eigenvalue weighted by molar-refractivity contribution is 0.185. The molecule has 1 fully saturated rings. The van der Waals surface area contributed by atoms with Crippen molar-refractivity contribution in [2.24, 2.45) is 18.7 Å². The van der Waals surface area contributed by atoms with Gasteiger partial charge in [0.2, 0.25) is 5.89 Å². The molecule has 0 aliphatic carbocycles. The lowest BCUT2D eigenvalue weighted by Gasteiger charge is -2.02. The third-order valence-corrected chi connectivity index (χ3v) is 3.33. The van der Waals surface area contributed by atoms with E-state index in [-0.39, 0.29) is 0 Å². The van der Waals surface area contributed by atoms with E-state index in [1.54, 1.807) is 10.9 Å². The van der Waals surface area contributed by atoms with Gasteiger partial charge in [0, 0.05) is 38.4 Å². The molecule has 7 heteroatoms. The van der Waals surface area contributed by atoms with Gasteiger partial charge in [-0.3, -0.25) is 4.68 Å². The average molecular weight is 263 g/mol. The van der Waals surface area contributed by atoms with E-state index < -0.39 is 6.04 Å². The molecule has 102 valence electrons. The third-order valence-electron chi connectivity index (χ3n) is 3.33. The number of nitrogens with zero attached hydrogens (tertiary/aromatic N) is 4. The normalized spacial score (nSPS) is 20.8. The fourth-order valence-electron chi connectivity index (χ4n) is 2.22. The molecule has 3 heterocycles. The van der Waals surface area contributed by atoms with Gasteiger partial charge in [0.15, 0.2) is 5.82 Å². The summed E-state index contributed by atoms with van der Waals surface area (Å²) < 4.78 is 12.3. The van der Waals surface area contributed by atoms with Crippen LogP contribution in [0.3, 0.4) is 0 Å². The summed E-state index contributed by atoms with van der Waals surface area (Å²) in [6.07, 6.45) is 5.39. The second kappa shape index (κ2) is 5.10. The Bertz CT molecular complexity index is 544. The van der Waals surface area contributed by atoms with Gasteiger partial charge in [-0.1, -0.05) is 5.16 Å². The maximum atomic E-state index is 6.08. The van der Waals surface area contributed by atoms with Crippen molar-refractivity contribution in [3.8, 4) is 0 Å². The zero-order valence-corrected chi connectivity index (χ0v) is 10.8. The number of aromatic nitrogens is 4. The van der Waals surface area contributed by atoms with Crippen molar-refractivity contribution in [1.29, 1.82) is 0 Å². The van der Waals surface area contributed by atoms with Crippen LogP contribution >= 0.6 is 0 Å². The second-order valence-electron chi connectivity index (χ2n) is 4.91. The summed E-state index contributed by atoms with van der Waals surface area (Å²) in [6, 6.07) is -0.422. The van der Waals surface area contributed by atoms with E-state index in [2.05, 4.69) is 15.2 Å². The van der Waals surface area contributed by atoms with E-state index >= 15 is 0 Å². The molecular weight excluding hydrogens is 246 g/mol. The molecular formula is C12H17N5O2. The van der Waals surface area contributed by atoms with Gasteiger partial charge in [-0.25, -0.2) is 0 Å². The van der Waals surface area contributed by atoms with Crippen LogP contribution in [-0.2, 0) is 18.2 Å². The Balaban J connectivity index is 1.69. The standard InChI is InChI=1S/C12H17N5O2/c1-17-6-9(5-14-17)11(13)12-15-10(16-19-12)4-8-2-3-18-7-8/h5-6,8,11H,2-4,7,13H2,1H3. The van der Waals surface area contributed by atoms with Crippen LogP contribution in [0, 0.1) is 5.92 Å². The van der Waals surface area contributed by atoms with Gasteiger partial charge >= 0.3 is 0 Å². The largest absolute Gasteiger partial charge is 0.381 e. The van der Waals surface area contributed by atoms with Gasteiger partial charge < -0.3 is 15.0 Å². The van der Waals surface area contributed by atoms with Gasteiger partial charge in [0.25, 0.3) is 0 Å². The van der Waals surface area contributed by atoms with Crippen molar-refractivity contribution in [1.82, 2.24) is 19.9 Å². The first-order valence-electron chi connectivity index (χ1n) is 6.36. The molecule has 0 saturated carbocycles. The SMILES string of the molecule is Cn1cc(C(N)c2nc(CC3CCOC3)no2)cn1. The first kappa shape index (κ1) is 12.3. The highest BCUT2D eigenvalue weighted by molar-refractivity contribution is 5.16. The molecule has 1 aliphatic rings. The summed E-state index contributed by atoms with van der Waals surface area (Å²) in [6.45, 7) is 1.60. The lowest BCUT2D eigenvalue weighted by atomic mass is 10.1. The molecule has 2 N–H and O–H groups in total. The van der Waals surface area contributed by atoms with Crippen molar-refractivity contribution in [3.63, 3.8) is 0 Å². The number of hydrogen-bond donors (Lipinski definition) is 1. The van der Waals surface area contributed by atoms with E-state index in [9.17, 15) is 0 Å². The maximum Gasteiger partial charge on any atom is 0.248 e. The summed E-state index contributed by atoms with van der Waals surface area (Å²) in [4.78, 5) is 4.36. The number of aryl methyl sites for hydroxylation is 1. The number of hydrogen-bond acceptors (Lipinski definition) is 6. The molecule has 2 aromatic rings. The molecule has 0 spiro atoms. The smallest absolute Gasteiger partial charge is 0.248 e. The van der Waals surface area contributed by atoms with Crippen molar-refractivity contribution >= 4 is 0 Å². The fraction of sp³-hybridized carbons (Fsp3) is 0.583. The maximum absolute atomic E-state index is 6.08. The monoisotopic (exact) mass is 263 g/mol. The zero-order valence-electron chi connectivity index (χ0n) is 10.8. The molecule has 2 unspecified atom stereocenters. The molecule has 1 aliphatic heterocycles. The van der Waals surface area contributed by atoms with Crippen LogP contribution in [0.5, 0.6) is 0 Å². The van der Waals surface area contributed by atoms with Gasteiger partial charge in [0.1, 0.15) is 6.04 Å². The highest BCUT2D eigenvalue weighted by atomic mass is 16.5. The minimum absolute atomic E-state index is 0.422. The quantitative estimate of drug-likeness (QED) is 0.860. The summed E-state index contributed by atoms with van der Waals surface area (Å²) in [7, 11) is 1.84. The molecule has 19 heavy (non-hydrogen) atoms. The van der Waals surface area contributed by atoms with Crippen molar-refractivity contribution in [2.75, 3.05) is 13.2 Å². The molecule has 2 atom stereocenters. The average Bonchev–Trinajstić information content (AvgIpc) is 3.10. The molecule has 1 saturated heterocycles. The van der Waals surface area contributed by atoms with Gasteiger partial charge in [-0.2, -0.15) is 10.1 Å². The predicted molar refractivity (Wildman–Crippen MR) is 66.2 cm³/mol. The fourth-order valence-corrected chi connectivity index (χ4v) is 2.22. The topological polar surface area (TPSA) is 92.0 Å². The molecule has 0 bridgehead atoms. The van der Waals surface area contributed by atoms with E-state index in [1.807, 2.05) is 13.2 Å². The van der Waals surface area contributed by atoms with Gasteiger partial charge in [-0.15, -0.1) is 0 Å². The van der Waals surface area contributed by atoms with Crippen molar-refractivity contribution in [3.05, 3.63) is 29.7 Å². The first-order chi connectivity index (χ1) is 9.22. The summed E-state index contributed by atoms with van der Waals surface area (Å²) in [5, 5.41) is 8.07. The summed E-state index contributed by atoms with van der Waals surface area (Å²) in [5.41, 5.74) is 6.94. The molecule has 3 rings (SSSR count). The lowest BCUT2D eigenvalue weighted by Crippen LogP contribution is -2.12. The number of ether oxygens (including phenoxy) is 1. The van der Waals surface area contributed by atoms with Crippen molar-refractivity contribution < 1.29 is 9.26 Å². The summed E-state index contributed by atoms with van der Waals surface area (Å²) in [5.74, 6) is 1.62. The van der Waals surface area contributed by atoms with Crippen LogP contribution in [0.1, 0.15) is 29.7 Å². The Labute approximate surface area is 110 Å². The van der Waals surface area contributed by atoms with Crippen LogP contribution in [0.4, 0.5) is 0 Å². The molecule has 7 nitrogen and oxygen atoms in total. The van der Waals surface area contributed by atoms with Crippen LogP contribution in [-0.4, -0.2) is 33.1 Å². The first-order valence-corrected chi connectivity index (χ1v) is 6.36. The van der Waals surface area contributed by atoms with Crippen LogP contribution < -0.4 is 5.73 Å². The third kappa shape index (κ3) is 2.66. The summed E-state index contributed by atoms with van der Waals surface area (Å²) >= 11 is 0. The zero-order chi connectivity index (χ0) is 13.2. The minimum Gasteiger partial charge on any atom is -0.381 e. The molecule has 0 radical (unpaired) electrons. The Morgan fingerprint density at radius 3 is 3.16 bits per heavy atom. The van der Waals surface area contributed by atoms with Crippen LogP contribution in [0.15, 0.2) is 16.9 Å². The van der Waals surface area contributed by atoms with Crippen LogP contribution in [0.2, 0.25) is 0 Å². The highest BCUT2D eigenvalue weighted by Gasteiger charge is 2.22. The molecule has 2 aromatic heterocycles. The second-order valence-corrected chi connectivity index (χ2v) is 4.91. The van der Waals surface area contributed by atoms with Gasteiger partial charge in [-0.05, 0) is 12.3 Å². The van der Waals surface area contributed by atoms with Gasteiger partial charge in [0.05, 0.1) is 6.20 Å². The van der Waals surface area contributed by atoms with E-state index in [4.69, 9.17) is 15.0 Å². The Hall–Kier alpha value is -1.73. The molecule has 0 amide bonds. The number of rotatable bonds is 4. The Morgan fingerprint density at radius 2 is 2.47 bits per heavy atom. The minimum atomic E-state index is -0.422. The van der Waals surface area contributed by atoms with Crippen LogP contribution in [0.25, 0.3) is 0 Å². The highest BCUT2D eigenvalue weighted by Crippen LogP contribution is 2.20. The Morgan fingerprint density at radius 1 is 1.58 bits per heavy atom.